The molecule has 0 amide bonds. The van der Waals surface area contributed by atoms with Crippen LogP contribution in [0.2, 0.25) is 0 Å². The first-order valence-electron chi connectivity index (χ1n) is 9.55. The van der Waals surface area contributed by atoms with Gasteiger partial charge in [0.15, 0.2) is 0 Å². The molecule has 0 N–H and O–H groups in total. The molecule has 0 aliphatic rings. The molecule has 2 heteroatoms. The van der Waals surface area contributed by atoms with Gasteiger partial charge in [-0.25, -0.2) is 0 Å². The fourth-order valence-electron chi connectivity index (χ4n) is 4.00. The molecule has 136 valence electrons. The molecule has 0 fully saturated rings. The van der Waals surface area contributed by atoms with E-state index in [0.717, 1.165) is 33.2 Å². The van der Waals surface area contributed by atoms with E-state index in [1.165, 1.54) is 27.8 Å². The van der Waals surface area contributed by atoms with Crippen molar-refractivity contribution in [2.24, 2.45) is 0 Å². The Morgan fingerprint density at radius 3 is 2.29 bits per heavy atom. The number of fused-ring (bicyclic) bond motifs is 3. The van der Waals surface area contributed by atoms with E-state index in [4.69, 9.17) is 4.42 Å². The zero-order valence-electron chi connectivity index (χ0n) is 16.3. The Labute approximate surface area is 164 Å². The van der Waals surface area contributed by atoms with Gasteiger partial charge in [-0.15, -0.1) is 0 Å². The molecular formula is C26H21NO. The molecule has 5 aromatic rings. The van der Waals surface area contributed by atoms with Crippen LogP contribution in [0.1, 0.15) is 16.7 Å². The lowest BCUT2D eigenvalue weighted by Crippen LogP contribution is -1.84. The first-order valence-corrected chi connectivity index (χ1v) is 9.55. The Morgan fingerprint density at radius 2 is 1.50 bits per heavy atom. The number of pyridine rings is 1. The quantitative estimate of drug-likeness (QED) is 0.330. The van der Waals surface area contributed by atoms with Crippen LogP contribution in [0.25, 0.3) is 44.3 Å². The summed E-state index contributed by atoms with van der Waals surface area (Å²) in [5.74, 6) is 0. The molecule has 2 nitrogen and oxygen atoms in total. The summed E-state index contributed by atoms with van der Waals surface area (Å²) >= 11 is 0. The van der Waals surface area contributed by atoms with Crippen molar-refractivity contribution < 1.29 is 4.42 Å². The zero-order chi connectivity index (χ0) is 19.3. The van der Waals surface area contributed by atoms with Gasteiger partial charge in [-0.3, -0.25) is 4.98 Å². The van der Waals surface area contributed by atoms with E-state index < -0.39 is 0 Å². The second kappa shape index (κ2) is 6.35. The van der Waals surface area contributed by atoms with Crippen LogP contribution in [0.15, 0.2) is 77.3 Å². The van der Waals surface area contributed by atoms with Gasteiger partial charge in [0.1, 0.15) is 11.2 Å². The van der Waals surface area contributed by atoms with Crippen molar-refractivity contribution in [3.8, 4) is 22.4 Å². The van der Waals surface area contributed by atoms with Crippen LogP contribution in [0.3, 0.4) is 0 Å². The summed E-state index contributed by atoms with van der Waals surface area (Å²) in [6, 6.07) is 23.5. The molecule has 0 bridgehead atoms. The predicted molar refractivity (Wildman–Crippen MR) is 117 cm³/mol. The molecule has 5 rings (SSSR count). The van der Waals surface area contributed by atoms with E-state index in [1.54, 1.807) is 0 Å². The van der Waals surface area contributed by atoms with Crippen LogP contribution in [0.5, 0.6) is 0 Å². The van der Waals surface area contributed by atoms with Gasteiger partial charge >= 0.3 is 0 Å². The van der Waals surface area contributed by atoms with E-state index in [-0.39, 0.29) is 0 Å². The Morgan fingerprint density at radius 1 is 0.679 bits per heavy atom. The lowest BCUT2D eigenvalue weighted by atomic mass is 9.99. The number of furan rings is 1. The van der Waals surface area contributed by atoms with Crippen molar-refractivity contribution in [3.05, 3.63) is 89.6 Å². The molecule has 3 aromatic carbocycles. The molecule has 0 radical (unpaired) electrons. The van der Waals surface area contributed by atoms with E-state index >= 15 is 0 Å². The molecule has 0 atom stereocenters. The van der Waals surface area contributed by atoms with E-state index in [2.05, 4.69) is 86.4 Å². The van der Waals surface area contributed by atoms with Gasteiger partial charge in [0.2, 0.25) is 0 Å². The van der Waals surface area contributed by atoms with Crippen molar-refractivity contribution >= 4 is 21.9 Å². The van der Waals surface area contributed by atoms with Crippen molar-refractivity contribution in [2.75, 3.05) is 0 Å². The van der Waals surface area contributed by atoms with E-state index in [1.807, 2.05) is 12.3 Å². The highest BCUT2D eigenvalue weighted by Crippen LogP contribution is 2.37. The molecule has 0 aliphatic carbocycles. The number of benzene rings is 3. The van der Waals surface area contributed by atoms with Gasteiger partial charge in [-0.1, -0.05) is 47.5 Å². The van der Waals surface area contributed by atoms with Gasteiger partial charge in [0.05, 0.1) is 5.69 Å². The van der Waals surface area contributed by atoms with Crippen LogP contribution >= 0.6 is 0 Å². The van der Waals surface area contributed by atoms with Crippen LogP contribution in [-0.2, 0) is 0 Å². The zero-order valence-corrected chi connectivity index (χ0v) is 16.3. The number of hydrogen-bond acceptors (Lipinski definition) is 2. The summed E-state index contributed by atoms with van der Waals surface area (Å²) in [6.45, 7) is 6.36. The predicted octanol–water partition coefficient (Wildman–Crippen LogP) is 7.24. The number of hydrogen-bond donors (Lipinski definition) is 0. The summed E-state index contributed by atoms with van der Waals surface area (Å²) in [7, 11) is 0. The smallest absolute Gasteiger partial charge is 0.144 e. The highest BCUT2D eigenvalue weighted by Gasteiger charge is 2.14. The number of aryl methyl sites for hydroxylation is 3. The Kier molecular flexibility index (Phi) is 3.80. The van der Waals surface area contributed by atoms with Crippen LogP contribution in [0.4, 0.5) is 0 Å². The topological polar surface area (TPSA) is 26.0 Å². The third kappa shape index (κ3) is 2.78. The highest BCUT2D eigenvalue weighted by molar-refractivity contribution is 6.10. The lowest BCUT2D eigenvalue weighted by Gasteiger charge is -2.05. The van der Waals surface area contributed by atoms with Crippen molar-refractivity contribution in [2.45, 2.75) is 20.8 Å². The first-order chi connectivity index (χ1) is 13.6. The largest absolute Gasteiger partial charge is 0.455 e. The van der Waals surface area contributed by atoms with Crippen molar-refractivity contribution in [1.82, 2.24) is 4.98 Å². The maximum absolute atomic E-state index is 6.36. The average molecular weight is 363 g/mol. The molecular weight excluding hydrogens is 342 g/mol. The summed E-state index contributed by atoms with van der Waals surface area (Å²) in [4.78, 5) is 4.55. The van der Waals surface area contributed by atoms with Crippen LogP contribution < -0.4 is 0 Å². The number of aromatic nitrogens is 1. The summed E-state index contributed by atoms with van der Waals surface area (Å²) < 4.78 is 6.36. The minimum absolute atomic E-state index is 0.896. The second-order valence-corrected chi connectivity index (χ2v) is 7.59. The Hall–Kier alpha value is -3.39. The fraction of sp³-hybridized carbons (Fsp3) is 0.115. The monoisotopic (exact) mass is 363 g/mol. The molecule has 0 aliphatic heterocycles. The van der Waals surface area contributed by atoms with E-state index in [9.17, 15) is 0 Å². The van der Waals surface area contributed by atoms with E-state index in [0.29, 0.717) is 0 Å². The molecule has 0 saturated carbocycles. The summed E-state index contributed by atoms with van der Waals surface area (Å²) in [5, 5.41) is 2.26. The summed E-state index contributed by atoms with van der Waals surface area (Å²) in [6.07, 6.45) is 1.85. The third-order valence-electron chi connectivity index (χ3n) is 5.25. The van der Waals surface area contributed by atoms with Gasteiger partial charge in [0, 0.05) is 22.5 Å². The Balaban J connectivity index is 1.73. The maximum Gasteiger partial charge on any atom is 0.144 e. The van der Waals surface area contributed by atoms with Gasteiger partial charge in [-0.2, -0.15) is 0 Å². The number of nitrogens with zero attached hydrogens (tertiary/aromatic N) is 1. The number of para-hydroxylation sites is 1. The normalized spacial score (nSPS) is 11.4. The minimum atomic E-state index is 0.896. The molecule has 28 heavy (non-hydrogen) atoms. The summed E-state index contributed by atoms with van der Waals surface area (Å²) in [5.41, 5.74) is 9.91. The molecule has 2 aromatic heterocycles. The average Bonchev–Trinajstić information content (AvgIpc) is 3.05. The second-order valence-electron chi connectivity index (χ2n) is 7.59. The SMILES string of the molecule is Cc1cc(C)cc(-c2ccc3c(c2)oc2c(-c4cc(C)ccn4)cccc23)c1. The van der Waals surface area contributed by atoms with Gasteiger partial charge in [0.25, 0.3) is 0 Å². The first kappa shape index (κ1) is 16.8. The van der Waals surface area contributed by atoms with Crippen LogP contribution in [0, 0.1) is 20.8 Å². The van der Waals surface area contributed by atoms with Crippen LogP contribution in [-0.4, -0.2) is 4.98 Å². The van der Waals surface area contributed by atoms with Gasteiger partial charge in [-0.05, 0) is 67.8 Å². The molecule has 2 heterocycles. The molecule has 0 spiro atoms. The van der Waals surface area contributed by atoms with Crippen molar-refractivity contribution in [1.29, 1.82) is 0 Å². The lowest BCUT2D eigenvalue weighted by molar-refractivity contribution is 0.670. The number of rotatable bonds is 2. The van der Waals surface area contributed by atoms with Gasteiger partial charge < -0.3 is 4.42 Å². The maximum atomic E-state index is 6.36. The molecule has 0 unspecified atom stereocenters. The minimum Gasteiger partial charge on any atom is -0.455 e. The van der Waals surface area contributed by atoms with Crippen molar-refractivity contribution in [3.63, 3.8) is 0 Å². The standard InChI is InChI=1S/C26H21NO/c1-16-9-10-27-24(14-16)23-6-4-5-22-21-8-7-19(15-25(21)28-26(22)23)20-12-17(2)11-18(3)13-20/h4-15H,1-3H3. The molecule has 0 saturated heterocycles. The Bertz CT molecular complexity index is 1320. The fourth-order valence-corrected chi connectivity index (χ4v) is 4.00. The highest BCUT2D eigenvalue weighted by atomic mass is 16.3. The third-order valence-corrected chi connectivity index (χ3v) is 5.25.